The number of aromatic nitrogens is 1. The van der Waals surface area contributed by atoms with Crippen LogP contribution in [0.3, 0.4) is 0 Å². The molecule has 0 radical (unpaired) electrons. The van der Waals surface area contributed by atoms with Crippen LogP contribution < -0.4 is 4.74 Å². The van der Waals surface area contributed by atoms with Crippen molar-refractivity contribution in [3.63, 3.8) is 0 Å². The Hall–Kier alpha value is -0.980. The van der Waals surface area contributed by atoms with Crippen LogP contribution in [0.25, 0.3) is 0 Å². The smallest absolute Gasteiger partial charge is 0.152 e. The summed E-state index contributed by atoms with van der Waals surface area (Å²) in [5.41, 5.74) is 0.216. The summed E-state index contributed by atoms with van der Waals surface area (Å²) < 4.78 is 5.16. The molecule has 0 amide bonds. The van der Waals surface area contributed by atoms with E-state index in [1.54, 1.807) is 0 Å². The number of pyridine rings is 1. The zero-order chi connectivity index (χ0) is 9.84. The van der Waals surface area contributed by atoms with E-state index in [1.165, 1.54) is 6.07 Å². The fourth-order valence-electron chi connectivity index (χ4n) is 0.835. The first-order valence-electron chi connectivity index (χ1n) is 3.58. The molecule has 0 N–H and O–H groups in total. The fourth-order valence-corrected chi connectivity index (χ4v) is 1.29. The Labute approximate surface area is 85.9 Å². The third-order valence-electron chi connectivity index (χ3n) is 1.32. The quantitative estimate of drug-likeness (QED) is 0.715. The number of rotatable bonds is 2. The van der Waals surface area contributed by atoms with E-state index in [0.717, 1.165) is 0 Å². The minimum absolute atomic E-state index is 0.0680. The molecule has 1 rings (SSSR count). The lowest BCUT2D eigenvalue weighted by Crippen LogP contribution is -1.96. The molecule has 0 aliphatic heterocycles. The SMILES string of the molecule is CCOc1cc(Cl)nc(Cl)c1C#N. The van der Waals surface area contributed by atoms with Gasteiger partial charge in [0.25, 0.3) is 0 Å². The molecule has 0 unspecified atom stereocenters. The molecule has 0 bridgehead atoms. The van der Waals surface area contributed by atoms with Gasteiger partial charge in [-0.2, -0.15) is 5.26 Å². The zero-order valence-electron chi connectivity index (χ0n) is 6.84. The molecule has 1 aromatic heterocycles. The third kappa shape index (κ3) is 2.24. The Bertz CT molecular complexity index is 360. The third-order valence-corrected chi connectivity index (χ3v) is 1.79. The van der Waals surface area contributed by atoms with E-state index >= 15 is 0 Å². The van der Waals surface area contributed by atoms with Crippen molar-refractivity contribution >= 4 is 23.2 Å². The Morgan fingerprint density at radius 3 is 2.85 bits per heavy atom. The molecule has 5 heteroatoms. The van der Waals surface area contributed by atoms with Gasteiger partial charge in [-0.25, -0.2) is 4.98 Å². The summed E-state index contributed by atoms with van der Waals surface area (Å²) in [6.07, 6.45) is 0. The van der Waals surface area contributed by atoms with Gasteiger partial charge >= 0.3 is 0 Å². The molecule has 0 spiro atoms. The number of halogens is 2. The lowest BCUT2D eigenvalue weighted by Gasteiger charge is -2.05. The van der Waals surface area contributed by atoms with Gasteiger partial charge < -0.3 is 4.74 Å². The normalized spacial score (nSPS) is 9.38. The van der Waals surface area contributed by atoms with Gasteiger partial charge in [0.15, 0.2) is 5.15 Å². The van der Waals surface area contributed by atoms with Gasteiger partial charge in [0, 0.05) is 6.07 Å². The first-order chi connectivity index (χ1) is 6.19. The Morgan fingerprint density at radius 1 is 1.62 bits per heavy atom. The lowest BCUT2D eigenvalue weighted by atomic mass is 10.3. The number of nitrogens with zero attached hydrogens (tertiary/aromatic N) is 2. The predicted octanol–water partition coefficient (Wildman–Crippen LogP) is 2.66. The molecule has 0 saturated carbocycles. The zero-order valence-corrected chi connectivity index (χ0v) is 8.35. The molecule has 0 saturated heterocycles. The van der Waals surface area contributed by atoms with Gasteiger partial charge in [0.2, 0.25) is 0 Å². The summed E-state index contributed by atoms with van der Waals surface area (Å²) >= 11 is 11.3. The highest BCUT2D eigenvalue weighted by Gasteiger charge is 2.10. The van der Waals surface area contributed by atoms with Crippen LogP contribution in [0.1, 0.15) is 12.5 Å². The van der Waals surface area contributed by atoms with Gasteiger partial charge in [0.1, 0.15) is 22.5 Å². The van der Waals surface area contributed by atoms with Crippen LogP contribution in [-0.2, 0) is 0 Å². The molecule has 0 aromatic carbocycles. The van der Waals surface area contributed by atoms with Crippen LogP contribution in [0.5, 0.6) is 5.75 Å². The van der Waals surface area contributed by atoms with Crippen LogP contribution in [0, 0.1) is 11.3 Å². The molecule has 1 aromatic rings. The van der Waals surface area contributed by atoms with Crippen molar-refractivity contribution in [3.05, 3.63) is 21.9 Å². The van der Waals surface area contributed by atoms with E-state index in [2.05, 4.69) is 4.98 Å². The second-order valence-corrected chi connectivity index (χ2v) is 2.90. The first kappa shape index (κ1) is 10.1. The van der Waals surface area contributed by atoms with Crippen molar-refractivity contribution in [2.45, 2.75) is 6.92 Å². The molecule has 0 aliphatic carbocycles. The summed E-state index contributed by atoms with van der Waals surface area (Å²) in [6, 6.07) is 3.37. The molecular formula is C8H6Cl2N2O. The number of hydrogen-bond acceptors (Lipinski definition) is 3. The van der Waals surface area contributed by atoms with Gasteiger partial charge in [-0.1, -0.05) is 23.2 Å². The minimum Gasteiger partial charge on any atom is -0.492 e. The standard InChI is InChI=1S/C8H6Cl2N2O/c1-2-13-6-3-7(9)12-8(10)5(6)4-11/h3H,2H2,1H3. The van der Waals surface area contributed by atoms with E-state index in [1.807, 2.05) is 13.0 Å². The van der Waals surface area contributed by atoms with Crippen molar-refractivity contribution in [3.8, 4) is 11.8 Å². The van der Waals surface area contributed by atoms with Crippen molar-refractivity contribution in [2.24, 2.45) is 0 Å². The molecule has 0 aliphatic rings. The summed E-state index contributed by atoms with van der Waals surface area (Å²) in [5, 5.41) is 9.00. The number of hydrogen-bond donors (Lipinski definition) is 0. The van der Waals surface area contributed by atoms with Gasteiger partial charge in [-0.15, -0.1) is 0 Å². The largest absolute Gasteiger partial charge is 0.492 e. The van der Waals surface area contributed by atoms with Crippen molar-refractivity contribution in [2.75, 3.05) is 6.61 Å². The second-order valence-electron chi connectivity index (χ2n) is 2.15. The average Bonchev–Trinajstić information content (AvgIpc) is 2.04. The summed E-state index contributed by atoms with van der Waals surface area (Å²) in [4.78, 5) is 3.72. The summed E-state index contributed by atoms with van der Waals surface area (Å²) in [5.74, 6) is 0.370. The Balaban J connectivity index is 3.23. The Morgan fingerprint density at radius 2 is 2.31 bits per heavy atom. The van der Waals surface area contributed by atoms with Crippen LogP contribution in [0.4, 0.5) is 0 Å². The molecule has 13 heavy (non-hydrogen) atoms. The second kappa shape index (κ2) is 4.31. The van der Waals surface area contributed by atoms with Crippen molar-refractivity contribution in [1.82, 2.24) is 4.98 Å². The van der Waals surface area contributed by atoms with Crippen molar-refractivity contribution in [1.29, 1.82) is 5.26 Å². The van der Waals surface area contributed by atoms with Crippen LogP contribution in [0.2, 0.25) is 10.3 Å². The van der Waals surface area contributed by atoms with E-state index < -0.39 is 0 Å². The fraction of sp³-hybridized carbons (Fsp3) is 0.250. The van der Waals surface area contributed by atoms with Crippen LogP contribution >= 0.6 is 23.2 Å². The highest BCUT2D eigenvalue weighted by atomic mass is 35.5. The molecule has 0 fully saturated rings. The minimum atomic E-state index is 0.0680. The monoisotopic (exact) mass is 216 g/mol. The number of ether oxygens (including phenoxy) is 1. The van der Waals surface area contributed by atoms with E-state index in [-0.39, 0.29) is 15.9 Å². The summed E-state index contributed by atoms with van der Waals surface area (Å²) in [7, 11) is 0. The maximum Gasteiger partial charge on any atom is 0.152 e. The van der Waals surface area contributed by atoms with Crippen LogP contribution in [-0.4, -0.2) is 11.6 Å². The van der Waals surface area contributed by atoms with Gasteiger partial charge in [-0.3, -0.25) is 0 Å². The van der Waals surface area contributed by atoms with E-state index in [4.69, 9.17) is 33.2 Å². The maximum absolute atomic E-state index is 8.72. The van der Waals surface area contributed by atoms with E-state index in [9.17, 15) is 0 Å². The summed E-state index contributed by atoms with van der Waals surface area (Å²) in [6.45, 7) is 2.26. The van der Waals surface area contributed by atoms with Gasteiger partial charge in [-0.05, 0) is 6.92 Å². The maximum atomic E-state index is 8.72. The molecular weight excluding hydrogens is 211 g/mol. The van der Waals surface area contributed by atoms with Crippen molar-refractivity contribution < 1.29 is 4.74 Å². The topological polar surface area (TPSA) is 45.9 Å². The Kier molecular flexibility index (Phi) is 3.35. The lowest BCUT2D eigenvalue weighted by molar-refractivity contribution is 0.339. The average molecular weight is 217 g/mol. The van der Waals surface area contributed by atoms with Gasteiger partial charge in [0.05, 0.1) is 6.61 Å². The molecule has 0 atom stereocenters. The highest BCUT2D eigenvalue weighted by molar-refractivity contribution is 6.33. The molecule has 1 heterocycles. The predicted molar refractivity (Wildman–Crippen MR) is 50.1 cm³/mol. The first-order valence-corrected chi connectivity index (χ1v) is 4.33. The molecule has 3 nitrogen and oxygen atoms in total. The van der Waals surface area contributed by atoms with E-state index in [0.29, 0.717) is 12.4 Å². The molecule has 68 valence electrons. The highest BCUT2D eigenvalue weighted by Crippen LogP contribution is 2.27. The van der Waals surface area contributed by atoms with Crippen LogP contribution in [0.15, 0.2) is 6.07 Å². The number of nitriles is 1.